The highest BCUT2D eigenvalue weighted by atomic mass is 16.5. The average Bonchev–Trinajstić information content (AvgIpc) is 2.26. The van der Waals surface area contributed by atoms with Crippen LogP contribution in [0.3, 0.4) is 0 Å². The van der Waals surface area contributed by atoms with E-state index in [1.807, 2.05) is 0 Å². The summed E-state index contributed by atoms with van der Waals surface area (Å²) in [5.41, 5.74) is 0. The summed E-state index contributed by atoms with van der Waals surface area (Å²) < 4.78 is 5.45. The molecule has 0 aromatic carbocycles. The molecule has 0 aliphatic heterocycles. The van der Waals surface area contributed by atoms with Crippen LogP contribution in [0, 0.1) is 0 Å². The van der Waals surface area contributed by atoms with E-state index in [1.165, 1.54) is 38.6 Å². The molecule has 0 unspecified atom stereocenters. The molecule has 0 spiro atoms. The van der Waals surface area contributed by atoms with Gasteiger partial charge in [-0.3, -0.25) is 0 Å². The Morgan fingerprint density at radius 2 is 1.56 bits per heavy atom. The maximum Gasteiger partial charge on any atom is 0.0466 e. The van der Waals surface area contributed by atoms with E-state index in [1.54, 1.807) is 0 Å². The monoisotopic (exact) mass is 229 g/mol. The van der Waals surface area contributed by atoms with Crippen LogP contribution in [0.15, 0.2) is 0 Å². The third-order valence-corrected chi connectivity index (χ3v) is 3.03. The molecule has 0 rings (SSSR count). The van der Waals surface area contributed by atoms with Gasteiger partial charge in [-0.15, -0.1) is 0 Å². The Hall–Kier alpha value is -0.0800. The summed E-state index contributed by atoms with van der Waals surface area (Å²) >= 11 is 0. The van der Waals surface area contributed by atoms with Crippen LogP contribution in [0.5, 0.6) is 0 Å². The summed E-state index contributed by atoms with van der Waals surface area (Å²) in [4.78, 5) is 2.42. The van der Waals surface area contributed by atoms with Gasteiger partial charge in [0, 0.05) is 19.3 Å². The molecule has 2 nitrogen and oxygen atoms in total. The molecular weight excluding hydrogens is 198 g/mol. The van der Waals surface area contributed by atoms with Crippen molar-refractivity contribution in [1.29, 1.82) is 0 Å². The zero-order valence-corrected chi connectivity index (χ0v) is 11.8. The topological polar surface area (TPSA) is 12.5 Å². The Labute approximate surface area is 102 Å². The van der Waals surface area contributed by atoms with Gasteiger partial charge >= 0.3 is 0 Å². The van der Waals surface area contributed by atoms with Crippen molar-refractivity contribution in [1.82, 2.24) is 4.90 Å². The molecule has 0 aliphatic rings. The second kappa shape index (κ2) is 11.4. The lowest BCUT2D eigenvalue weighted by molar-refractivity contribution is 0.130. The molecular formula is C14H31NO. The largest absolute Gasteiger partial charge is 0.381 e. The molecule has 0 aromatic heterocycles. The Balaban J connectivity index is 3.04. The molecule has 0 saturated heterocycles. The van der Waals surface area contributed by atoms with Gasteiger partial charge in [0.1, 0.15) is 0 Å². The van der Waals surface area contributed by atoms with E-state index >= 15 is 0 Å². The number of hydrogen-bond donors (Lipinski definition) is 0. The van der Waals surface area contributed by atoms with Gasteiger partial charge in [0.15, 0.2) is 0 Å². The predicted octanol–water partition coefficient (Wildman–Crippen LogP) is 3.70. The van der Waals surface area contributed by atoms with Gasteiger partial charge in [-0.2, -0.15) is 0 Å². The van der Waals surface area contributed by atoms with Crippen molar-refractivity contribution < 1.29 is 4.74 Å². The molecule has 0 fully saturated rings. The average molecular weight is 229 g/mol. The van der Waals surface area contributed by atoms with Crippen LogP contribution < -0.4 is 0 Å². The fourth-order valence-corrected chi connectivity index (χ4v) is 1.60. The molecule has 2 heteroatoms. The number of rotatable bonds is 11. The normalized spacial score (nSPS) is 11.6. The first-order chi connectivity index (χ1) is 7.68. The second-order valence-electron chi connectivity index (χ2n) is 4.95. The van der Waals surface area contributed by atoms with Gasteiger partial charge < -0.3 is 9.64 Å². The van der Waals surface area contributed by atoms with Crippen LogP contribution in [0.1, 0.15) is 59.3 Å². The zero-order chi connectivity index (χ0) is 12.2. The summed E-state index contributed by atoms with van der Waals surface area (Å²) in [5.74, 6) is 0. The van der Waals surface area contributed by atoms with Crippen molar-refractivity contribution in [2.75, 3.05) is 26.8 Å². The SMILES string of the molecule is CCCOCCCCCCCN(C)C(C)C. The van der Waals surface area contributed by atoms with E-state index in [-0.39, 0.29) is 0 Å². The van der Waals surface area contributed by atoms with Gasteiger partial charge in [-0.1, -0.05) is 26.2 Å². The van der Waals surface area contributed by atoms with Crippen molar-refractivity contribution in [2.45, 2.75) is 65.3 Å². The number of hydrogen-bond acceptors (Lipinski definition) is 2. The van der Waals surface area contributed by atoms with Gasteiger partial charge in [0.05, 0.1) is 0 Å². The van der Waals surface area contributed by atoms with Gasteiger partial charge in [0.25, 0.3) is 0 Å². The minimum atomic E-state index is 0.683. The Morgan fingerprint density at radius 3 is 2.19 bits per heavy atom. The molecule has 16 heavy (non-hydrogen) atoms. The van der Waals surface area contributed by atoms with Crippen LogP contribution in [0.4, 0.5) is 0 Å². The van der Waals surface area contributed by atoms with E-state index < -0.39 is 0 Å². The van der Waals surface area contributed by atoms with E-state index in [0.717, 1.165) is 19.6 Å². The molecule has 0 aromatic rings. The Bertz CT molecular complexity index is 137. The maximum atomic E-state index is 5.45. The highest BCUT2D eigenvalue weighted by molar-refractivity contribution is 4.56. The first-order valence-corrected chi connectivity index (χ1v) is 6.96. The van der Waals surface area contributed by atoms with E-state index in [9.17, 15) is 0 Å². The fraction of sp³-hybridized carbons (Fsp3) is 1.00. The highest BCUT2D eigenvalue weighted by Gasteiger charge is 2.01. The standard InChI is InChI=1S/C14H31NO/c1-5-12-16-13-10-8-6-7-9-11-15(4)14(2)3/h14H,5-13H2,1-4H3. The lowest BCUT2D eigenvalue weighted by Gasteiger charge is -2.20. The van der Waals surface area contributed by atoms with Crippen molar-refractivity contribution >= 4 is 0 Å². The predicted molar refractivity (Wildman–Crippen MR) is 72.0 cm³/mol. The molecule has 0 radical (unpaired) electrons. The molecule has 0 bridgehead atoms. The number of unbranched alkanes of at least 4 members (excludes halogenated alkanes) is 4. The molecule has 0 N–H and O–H groups in total. The number of nitrogens with zero attached hydrogens (tertiary/aromatic N) is 1. The quantitative estimate of drug-likeness (QED) is 0.501. The van der Waals surface area contributed by atoms with Crippen LogP contribution in [-0.4, -0.2) is 37.7 Å². The summed E-state index contributed by atoms with van der Waals surface area (Å²) in [6, 6.07) is 0.683. The molecule has 0 amide bonds. The first-order valence-electron chi connectivity index (χ1n) is 6.96. The minimum Gasteiger partial charge on any atom is -0.381 e. The smallest absolute Gasteiger partial charge is 0.0466 e. The third-order valence-electron chi connectivity index (χ3n) is 3.03. The first kappa shape index (κ1) is 15.9. The Kier molecular flexibility index (Phi) is 11.3. The molecule has 98 valence electrons. The van der Waals surface area contributed by atoms with Crippen LogP contribution >= 0.6 is 0 Å². The van der Waals surface area contributed by atoms with Crippen molar-refractivity contribution in [3.05, 3.63) is 0 Å². The van der Waals surface area contributed by atoms with Gasteiger partial charge in [0.2, 0.25) is 0 Å². The third kappa shape index (κ3) is 10.4. The lowest BCUT2D eigenvalue weighted by atomic mass is 10.1. The minimum absolute atomic E-state index is 0.683. The second-order valence-corrected chi connectivity index (χ2v) is 4.95. The molecule has 0 aliphatic carbocycles. The van der Waals surface area contributed by atoms with E-state index in [4.69, 9.17) is 4.74 Å². The summed E-state index contributed by atoms with van der Waals surface area (Å²) in [7, 11) is 2.21. The molecule has 0 atom stereocenters. The van der Waals surface area contributed by atoms with E-state index in [2.05, 4.69) is 32.7 Å². The molecule has 0 saturated carbocycles. The number of ether oxygens (including phenoxy) is 1. The van der Waals surface area contributed by atoms with Gasteiger partial charge in [-0.05, 0) is 46.7 Å². The lowest BCUT2D eigenvalue weighted by Crippen LogP contribution is -2.27. The zero-order valence-electron chi connectivity index (χ0n) is 11.8. The van der Waals surface area contributed by atoms with Gasteiger partial charge in [-0.25, -0.2) is 0 Å². The summed E-state index contributed by atoms with van der Waals surface area (Å²) in [6.45, 7) is 9.80. The molecule has 0 heterocycles. The highest BCUT2D eigenvalue weighted by Crippen LogP contribution is 2.05. The maximum absolute atomic E-state index is 5.45. The van der Waals surface area contributed by atoms with E-state index in [0.29, 0.717) is 6.04 Å². The van der Waals surface area contributed by atoms with Crippen LogP contribution in [0.2, 0.25) is 0 Å². The summed E-state index contributed by atoms with van der Waals surface area (Å²) in [6.07, 6.45) is 7.77. The Morgan fingerprint density at radius 1 is 0.938 bits per heavy atom. The van der Waals surface area contributed by atoms with Crippen molar-refractivity contribution in [3.8, 4) is 0 Å². The summed E-state index contributed by atoms with van der Waals surface area (Å²) in [5, 5.41) is 0. The van der Waals surface area contributed by atoms with Crippen molar-refractivity contribution in [2.24, 2.45) is 0 Å². The fourth-order valence-electron chi connectivity index (χ4n) is 1.60. The van der Waals surface area contributed by atoms with Crippen molar-refractivity contribution in [3.63, 3.8) is 0 Å². The van der Waals surface area contributed by atoms with Crippen LogP contribution in [0.25, 0.3) is 0 Å². The van der Waals surface area contributed by atoms with Crippen LogP contribution in [-0.2, 0) is 4.74 Å².